The quantitative estimate of drug-likeness (QED) is 0.405. The van der Waals surface area contributed by atoms with Crippen molar-refractivity contribution in [2.45, 2.75) is 13.5 Å². The lowest BCUT2D eigenvalue weighted by Gasteiger charge is -2.09. The molecule has 0 aliphatic heterocycles. The summed E-state index contributed by atoms with van der Waals surface area (Å²) in [6, 6.07) is 13.5. The zero-order valence-corrected chi connectivity index (χ0v) is 14.3. The van der Waals surface area contributed by atoms with Gasteiger partial charge in [-0.2, -0.15) is 0 Å². The number of aryl methyl sites for hydroxylation is 1. The van der Waals surface area contributed by atoms with Crippen LogP contribution in [0, 0.1) is 6.92 Å². The molecule has 0 amide bonds. The first kappa shape index (κ1) is 17.8. The van der Waals surface area contributed by atoms with Crippen LogP contribution in [0.15, 0.2) is 61.2 Å². The zero-order valence-electron chi connectivity index (χ0n) is 13.5. The van der Waals surface area contributed by atoms with Gasteiger partial charge < -0.3 is 9.47 Å². The van der Waals surface area contributed by atoms with Crippen molar-refractivity contribution >= 4 is 23.6 Å². The SMILES string of the molecule is C=CCOC(=O)/C=C/c1ccc(OCc2ccc(C)cc2)c(Cl)c1. The predicted molar refractivity (Wildman–Crippen MR) is 97.2 cm³/mol. The highest BCUT2D eigenvalue weighted by molar-refractivity contribution is 6.32. The second-order valence-electron chi connectivity index (χ2n) is 5.22. The molecule has 2 aromatic rings. The number of ether oxygens (including phenoxy) is 2. The summed E-state index contributed by atoms with van der Waals surface area (Å²) in [7, 11) is 0. The number of benzene rings is 2. The van der Waals surface area contributed by atoms with Crippen molar-refractivity contribution in [2.75, 3.05) is 6.61 Å². The molecule has 0 fully saturated rings. The third-order valence-corrected chi connectivity index (χ3v) is 3.52. The first-order chi connectivity index (χ1) is 11.6. The molecule has 4 heteroatoms. The minimum atomic E-state index is -0.425. The molecule has 2 aromatic carbocycles. The van der Waals surface area contributed by atoms with Gasteiger partial charge in [0.25, 0.3) is 0 Å². The molecule has 0 unspecified atom stereocenters. The van der Waals surface area contributed by atoms with Gasteiger partial charge in [-0.3, -0.25) is 0 Å². The Morgan fingerprint density at radius 3 is 2.62 bits per heavy atom. The summed E-state index contributed by atoms with van der Waals surface area (Å²) in [5.41, 5.74) is 3.07. The van der Waals surface area contributed by atoms with Crippen LogP contribution in [-0.4, -0.2) is 12.6 Å². The van der Waals surface area contributed by atoms with E-state index in [1.165, 1.54) is 17.7 Å². The zero-order chi connectivity index (χ0) is 17.4. The average molecular weight is 343 g/mol. The number of rotatable bonds is 7. The summed E-state index contributed by atoms with van der Waals surface area (Å²) in [5, 5.41) is 0.490. The molecule has 0 N–H and O–H groups in total. The van der Waals surface area contributed by atoms with Gasteiger partial charge in [-0.1, -0.05) is 60.2 Å². The number of esters is 1. The first-order valence-corrected chi connectivity index (χ1v) is 7.90. The molecule has 0 saturated heterocycles. The maximum absolute atomic E-state index is 11.4. The van der Waals surface area contributed by atoms with Crippen LogP contribution in [0.3, 0.4) is 0 Å². The third kappa shape index (κ3) is 5.60. The Bertz CT molecular complexity index is 733. The fourth-order valence-corrected chi connectivity index (χ4v) is 2.18. The molecule has 0 aliphatic carbocycles. The van der Waals surface area contributed by atoms with Crippen molar-refractivity contribution in [1.82, 2.24) is 0 Å². The Labute approximate surface area is 147 Å². The van der Waals surface area contributed by atoms with Crippen LogP contribution in [0.25, 0.3) is 6.08 Å². The highest BCUT2D eigenvalue weighted by atomic mass is 35.5. The fourth-order valence-electron chi connectivity index (χ4n) is 1.94. The molecule has 0 spiro atoms. The topological polar surface area (TPSA) is 35.5 Å². The highest BCUT2D eigenvalue weighted by Gasteiger charge is 2.03. The van der Waals surface area contributed by atoms with Crippen molar-refractivity contribution in [3.63, 3.8) is 0 Å². The summed E-state index contributed by atoms with van der Waals surface area (Å²) in [6.45, 7) is 6.16. The molecule has 0 bridgehead atoms. The van der Waals surface area contributed by atoms with E-state index in [1.807, 2.05) is 37.3 Å². The van der Waals surface area contributed by atoms with Crippen LogP contribution in [0.2, 0.25) is 5.02 Å². The van der Waals surface area contributed by atoms with Crippen LogP contribution in [0.4, 0.5) is 0 Å². The molecule has 0 heterocycles. The maximum atomic E-state index is 11.4. The van der Waals surface area contributed by atoms with Crippen LogP contribution in [0.5, 0.6) is 5.75 Å². The molecule has 0 atom stereocenters. The Morgan fingerprint density at radius 2 is 1.96 bits per heavy atom. The van der Waals surface area contributed by atoms with E-state index in [4.69, 9.17) is 21.1 Å². The lowest BCUT2D eigenvalue weighted by Crippen LogP contribution is -1.99. The molecule has 0 aromatic heterocycles. The number of carbonyl (C=O) groups excluding carboxylic acids is 1. The third-order valence-electron chi connectivity index (χ3n) is 3.23. The van der Waals surface area contributed by atoms with Gasteiger partial charge in [-0.25, -0.2) is 4.79 Å². The minimum Gasteiger partial charge on any atom is -0.487 e. The van der Waals surface area contributed by atoms with Crippen molar-refractivity contribution in [1.29, 1.82) is 0 Å². The van der Waals surface area contributed by atoms with E-state index in [0.717, 1.165) is 11.1 Å². The monoisotopic (exact) mass is 342 g/mol. The normalized spacial score (nSPS) is 10.6. The van der Waals surface area contributed by atoms with E-state index >= 15 is 0 Å². The molecule has 24 heavy (non-hydrogen) atoms. The van der Waals surface area contributed by atoms with Crippen LogP contribution < -0.4 is 4.74 Å². The first-order valence-electron chi connectivity index (χ1n) is 7.52. The minimum absolute atomic E-state index is 0.190. The van der Waals surface area contributed by atoms with Gasteiger partial charge >= 0.3 is 5.97 Å². The van der Waals surface area contributed by atoms with E-state index in [2.05, 4.69) is 6.58 Å². The van der Waals surface area contributed by atoms with Crippen LogP contribution in [0.1, 0.15) is 16.7 Å². The fraction of sp³-hybridized carbons (Fsp3) is 0.150. The molecular formula is C20H19ClO3. The van der Waals surface area contributed by atoms with Gasteiger partial charge in [0.2, 0.25) is 0 Å². The Morgan fingerprint density at radius 1 is 1.21 bits per heavy atom. The molecule has 124 valence electrons. The Kier molecular flexibility index (Phi) is 6.64. The molecular weight excluding hydrogens is 324 g/mol. The van der Waals surface area contributed by atoms with E-state index < -0.39 is 5.97 Å². The van der Waals surface area contributed by atoms with Crippen molar-refractivity contribution in [2.24, 2.45) is 0 Å². The maximum Gasteiger partial charge on any atom is 0.331 e. The number of hydrogen-bond acceptors (Lipinski definition) is 3. The van der Waals surface area contributed by atoms with E-state index in [-0.39, 0.29) is 6.61 Å². The van der Waals surface area contributed by atoms with Gasteiger partial charge in [0, 0.05) is 6.08 Å². The van der Waals surface area contributed by atoms with E-state index in [9.17, 15) is 4.79 Å². The number of carbonyl (C=O) groups is 1. The van der Waals surface area contributed by atoms with Crippen LogP contribution >= 0.6 is 11.6 Å². The number of halogens is 1. The summed E-state index contributed by atoms with van der Waals surface area (Å²) >= 11 is 6.23. The van der Waals surface area contributed by atoms with E-state index in [0.29, 0.717) is 17.4 Å². The smallest absolute Gasteiger partial charge is 0.331 e. The van der Waals surface area contributed by atoms with Gasteiger partial charge in [0.05, 0.1) is 5.02 Å². The second kappa shape index (κ2) is 8.94. The molecule has 0 aliphatic rings. The molecule has 3 nitrogen and oxygen atoms in total. The average Bonchev–Trinajstić information content (AvgIpc) is 2.58. The summed E-state index contributed by atoms with van der Waals surface area (Å²) in [5.74, 6) is 0.175. The van der Waals surface area contributed by atoms with Gasteiger partial charge in [-0.15, -0.1) is 0 Å². The lowest BCUT2D eigenvalue weighted by atomic mass is 10.1. The highest BCUT2D eigenvalue weighted by Crippen LogP contribution is 2.26. The van der Waals surface area contributed by atoms with Crippen LogP contribution in [-0.2, 0) is 16.1 Å². The Balaban J connectivity index is 1.96. The van der Waals surface area contributed by atoms with Crippen molar-refractivity contribution in [3.05, 3.63) is 82.9 Å². The van der Waals surface area contributed by atoms with E-state index in [1.54, 1.807) is 18.2 Å². The lowest BCUT2D eigenvalue weighted by molar-refractivity contribution is -0.136. The van der Waals surface area contributed by atoms with Gasteiger partial charge in [0.1, 0.15) is 19.0 Å². The molecule has 0 saturated carbocycles. The Hall–Kier alpha value is -2.52. The predicted octanol–water partition coefficient (Wildman–Crippen LogP) is 4.97. The van der Waals surface area contributed by atoms with Gasteiger partial charge in [-0.05, 0) is 36.3 Å². The summed E-state index contributed by atoms with van der Waals surface area (Å²) < 4.78 is 10.6. The second-order valence-corrected chi connectivity index (χ2v) is 5.62. The molecule has 2 rings (SSSR count). The summed E-state index contributed by atoms with van der Waals surface area (Å²) in [6.07, 6.45) is 4.51. The van der Waals surface area contributed by atoms with Crippen molar-refractivity contribution in [3.8, 4) is 5.75 Å². The van der Waals surface area contributed by atoms with Gasteiger partial charge in [0.15, 0.2) is 0 Å². The largest absolute Gasteiger partial charge is 0.487 e. The van der Waals surface area contributed by atoms with Crippen molar-refractivity contribution < 1.29 is 14.3 Å². The standard InChI is InChI=1S/C20H19ClO3/c1-3-12-23-20(22)11-9-16-8-10-19(18(21)13-16)24-14-17-6-4-15(2)5-7-17/h3-11,13H,1,12,14H2,2H3/b11-9+. The summed E-state index contributed by atoms with van der Waals surface area (Å²) in [4.78, 5) is 11.4. The molecule has 0 radical (unpaired) electrons. The number of hydrogen-bond donors (Lipinski definition) is 0.